The average molecular weight is 202 g/mol. The molecule has 84 valence electrons. The minimum absolute atomic E-state index is 0.0854. The zero-order chi connectivity index (χ0) is 11.0. The van der Waals surface area contributed by atoms with Gasteiger partial charge in [-0.3, -0.25) is 4.79 Å². The molecule has 2 atom stereocenters. The van der Waals surface area contributed by atoms with Crippen LogP contribution in [-0.2, 0) is 9.53 Å². The van der Waals surface area contributed by atoms with Gasteiger partial charge in [-0.05, 0) is 19.9 Å². The van der Waals surface area contributed by atoms with Gasteiger partial charge in [0.15, 0.2) is 0 Å². The Labute approximate surface area is 86.2 Å². The van der Waals surface area contributed by atoms with E-state index in [-0.39, 0.29) is 17.9 Å². The Morgan fingerprint density at radius 2 is 2.21 bits per heavy atom. The monoisotopic (exact) mass is 202 g/mol. The summed E-state index contributed by atoms with van der Waals surface area (Å²) in [6.07, 6.45) is 0.792. The van der Waals surface area contributed by atoms with Crippen LogP contribution >= 0.6 is 0 Å². The molecule has 0 aromatic carbocycles. The van der Waals surface area contributed by atoms with Gasteiger partial charge in [0, 0.05) is 12.6 Å². The molecule has 3 N–H and O–H groups in total. The van der Waals surface area contributed by atoms with Crippen LogP contribution < -0.4 is 11.1 Å². The highest BCUT2D eigenvalue weighted by Gasteiger charge is 2.28. The van der Waals surface area contributed by atoms with Crippen molar-refractivity contribution in [2.24, 2.45) is 11.7 Å². The minimum Gasteiger partial charge on any atom is -0.466 e. The molecule has 1 saturated heterocycles. The number of carbonyl (C=O) groups excluding carboxylic acids is 1. The number of rotatable bonds is 2. The number of carbonyl (C=O) groups is 1. The first-order valence-corrected chi connectivity index (χ1v) is 5.38. The van der Waals surface area contributed by atoms with Crippen LogP contribution in [0.5, 0.6) is 0 Å². The van der Waals surface area contributed by atoms with E-state index in [0.29, 0.717) is 13.2 Å². The first kappa shape index (κ1) is 13.4. The number of hydrogen-bond donors (Lipinski definition) is 2. The number of nitrogens with two attached hydrogens (primary N) is 1. The molecule has 1 aliphatic rings. The molecule has 1 aliphatic heterocycles. The fraction of sp³-hybridized carbons (Fsp3) is 0.900. The summed E-state index contributed by atoms with van der Waals surface area (Å²) in [6.45, 7) is 7.82. The third kappa shape index (κ3) is 4.07. The van der Waals surface area contributed by atoms with Crippen LogP contribution in [0.4, 0.5) is 0 Å². The van der Waals surface area contributed by atoms with Gasteiger partial charge in [-0.2, -0.15) is 0 Å². The first-order valence-electron chi connectivity index (χ1n) is 5.38. The van der Waals surface area contributed by atoms with Gasteiger partial charge >= 0.3 is 5.97 Å². The normalized spacial score (nSPS) is 26.0. The van der Waals surface area contributed by atoms with Crippen molar-refractivity contribution in [1.29, 1.82) is 0 Å². The lowest BCUT2D eigenvalue weighted by molar-refractivity contribution is -0.149. The summed E-state index contributed by atoms with van der Waals surface area (Å²) in [5.74, 6) is -0.252. The molecule has 4 heteroatoms. The van der Waals surface area contributed by atoms with Gasteiger partial charge in [0.05, 0.1) is 12.5 Å². The molecule has 0 bridgehead atoms. The number of nitrogens with one attached hydrogen (secondary N) is 1. The molecule has 0 aromatic rings. The zero-order valence-electron chi connectivity index (χ0n) is 9.38. The predicted molar refractivity (Wildman–Crippen MR) is 56.9 cm³/mol. The largest absolute Gasteiger partial charge is 0.466 e. The smallest absolute Gasteiger partial charge is 0.310 e. The summed E-state index contributed by atoms with van der Waals surface area (Å²) in [7, 11) is 0. The molecular weight excluding hydrogens is 180 g/mol. The fourth-order valence-corrected chi connectivity index (χ4v) is 1.42. The lowest BCUT2D eigenvalue weighted by Crippen LogP contribution is -2.49. The number of esters is 1. The molecule has 0 saturated carbocycles. The van der Waals surface area contributed by atoms with Crippen molar-refractivity contribution in [2.75, 3.05) is 19.7 Å². The molecule has 4 nitrogen and oxygen atoms in total. The van der Waals surface area contributed by atoms with E-state index in [1.807, 2.05) is 20.8 Å². The molecule has 2 unspecified atom stereocenters. The molecule has 0 radical (unpaired) electrons. The number of hydrogen-bond acceptors (Lipinski definition) is 4. The summed E-state index contributed by atoms with van der Waals surface area (Å²) >= 11 is 0. The Hall–Kier alpha value is -0.610. The van der Waals surface area contributed by atoms with Crippen molar-refractivity contribution >= 4 is 5.97 Å². The molecule has 1 rings (SSSR count). The second kappa shape index (κ2) is 7.76. The average Bonchev–Trinajstić information content (AvgIpc) is 2.22. The van der Waals surface area contributed by atoms with Gasteiger partial charge in [0.25, 0.3) is 0 Å². The molecule has 0 aromatic heterocycles. The van der Waals surface area contributed by atoms with E-state index in [2.05, 4.69) is 5.32 Å². The van der Waals surface area contributed by atoms with Crippen LogP contribution in [0.2, 0.25) is 0 Å². The summed E-state index contributed by atoms with van der Waals surface area (Å²) in [5.41, 5.74) is 5.75. The van der Waals surface area contributed by atoms with Crippen LogP contribution in [0.1, 0.15) is 27.2 Å². The van der Waals surface area contributed by atoms with Gasteiger partial charge in [0.2, 0.25) is 0 Å². The number of piperidine rings is 1. The predicted octanol–water partition coefficient (Wildman–Crippen LogP) is 0.513. The Balaban J connectivity index is 0.000000791. The molecule has 14 heavy (non-hydrogen) atoms. The molecular formula is C10H22N2O2. The molecule has 1 fully saturated rings. The standard InChI is InChI=1S/C8H16N2O2.C2H6/c1-2-12-8(11)6-3-4-10-5-7(6)9;1-2/h6-7,10H,2-5,9H2,1H3;1-2H3. The van der Waals surface area contributed by atoms with Crippen molar-refractivity contribution in [3.05, 3.63) is 0 Å². The van der Waals surface area contributed by atoms with E-state index in [1.165, 1.54) is 0 Å². The van der Waals surface area contributed by atoms with E-state index in [9.17, 15) is 4.79 Å². The van der Waals surface area contributed by atoms with Crippen LogP contribution in [0.25, 0.3) is 0 Å². The highest BCUT2D eigenvalue weighted by Crippen LogP contribution is 2.12. The van der Waals surface area contributed by atoms with Crippen molar-refractivity contribution < 1.29 is 9.53 Å². The summed E-state index contributed by atoms with van der Waals surface area (Å²) in [4.78, 5) is 11.3. The van der Waals surface area contributed by atoms with Crippen LogP contribution in [-0.4, -0.2) is 31.7 Å². The van der Waals surface area contributed by atoms with Crippen LogP contribution in [0, 0.1) is 5.92 Å². The van der Waals surface area contributed by atoms with E-state index >= 15 is 0 Å². The van der Waals surface area contributed by atoms with E-state index < -0.39 is 0 Å². The Bertz CT molecular complexity index is 162. The third-order valence-electron chi connectivity index (χ3n) is 2.12. The fourth-order valence-electron chi connectivity index (χ4n) is 1.42. The maximum atomic E-state index is 11.3. The van der Waals surface area contributed by atoms with Crippen molar-refractivity contribution in [2.45, 2.75) is 33.2 Å². The van der Waals surface area contributed by atoms with Gasteiger partial charge in [-0.1, -0.05) is 13.8 Å². The van der Waals surface area contributed by atoms with Crippen LogP contribution in [0.3, 0.4) is 0 Å². The Morgan fingerprint density at radius 1 is 1.57 bits per heavy atom. The maximum absolute atomic E-state index is 11.3. The van der Waals surface area contributed by atoms with Crippen molar-refractivity contribution in [3.63, 3.8) is 0 Å². The van der Waals surface area contributed by atoms with Gasteiger partial charge in [0.1, 0.15) is 0 Å². The third-order valence-corrected chi connectivity index (χ3v) is 2.12. The second-order valence-corrected chi connectivity index (χ2v) is 3.02. The van der Waals surface area contributed by atoms with Crippen LogP contribution in [0.15, 0.2) is 0 Å². The van der Waals surface area contributed by atoms with Crippen molar-refractivity contribution in [1.82, 2.24) is 5.32 Å². The lowest BCUT2D eigenvalue weighted by atomic mass is 9.94. The van der Waals surface area contributed by atoms with Gasteiger partial charge in [-0.25, -0.2) is 0 Å². The lowest BCUT2D eigenvalue weighted by Gasteiger charge is -2.27. The zero-order valence-corrected chi connectivity index (χ0v) is 9.38. The van der Waals surface area contributed by atoms with E-state index in [0.717, 1.165) is 13.0 Å². The Kier molecular flexibility index (Phi) is 7.42. The molecule has 0 spiro atoms. The summed E-state index contributed by atoms with van der Waals surface area (Å²) in [5, 5.41) is 3.13. The SMILES string of the molecule is CC.CCOC(=O)C1CCNCC1N. The number of ether oxygens (including phenoxy) is 1. The second-order valence-electron chi connectivity index (χ2n) is 3.02. The van der Waals surface area contributed by atoms with Gasteiger partial charge in [-0.15, -0.1) is 0 Å². The van der Waals surface area contributed by atoms with E-state index in [4.69, 9.17) is 10.5 Å². The highest BCUT2D eigenvalue weighted by molar-refractivity contribution is 5.73. The van der Waals surface area contributed by atoms with E-state index in [1.54, 1.807) is 0 Å². The summed E-state index contributed by atoms with van der Waals surface area (Å²) < 4.78 is 4.91. The molecule has 0 amide bonds. The Morgan fingerprint density at radius 3 is 2.71 bits per heavy atom. The summed E-state index contributed by atoms with van der Waals surface area (Å²) in [6, 6.07) is -0.0854. The van der Waals surface area contributed by atoms with Crippen molar-refractivity contribution in [3.8, 4) is 0 Å². The molecule has 1 heterocycles. The highest BCUT2D eigenvalue weighted by atomic mass is 16.5. The van der Waals surface area contributed by atoms with Gasteiger partial charge < -0.3 is 15.8 Å². The minimum atomic E-state index is -0.147. The topological polar surface area (TPSA) is 64.3 Å². The quantitative estimate of drug-likeness (QED) is 0.640. The molecule has 0 aliphatic carbocycles. The first-order chi connectivity index (χ1) is 6.75. The maximum Gasteiger partial charge on any atom is 0.310 e.